The first-order valence-electron chi connectivity index (χ1n) is 10.1. The number of para-hydroxylation sites is 3. The SMILES string of the molecule is Cc1cccc(C)c1OCCn1c(CN2CCCCC2)nc2ccccc21. The summed E-state index contributed by atoms with van der Waals surface area (Å²) in [6, 6.07) is 14.7. The van der Waals surface area contributed by atoms with Crippen LogP contribution in [-0.4, -0.2) is 34.1 Å². The molecule has 4 heteroatoms. The lowest BCUT2D eigenvalue weighted by atomic mass is 10.1. The molecule has 0 unspecified atom stereocenters. The van der Waals surface area contributed by atoms with Gasteiger partial charge >= 0.3 is 0 Å². The molecule has 0 aliphatic carbocycles. The number of aromatic nitrogens is 2. The van der Waals surface area contributed by atoms with Crippen LogP contribution >= 0.6 is 0 Å². The lowest BCUT2D eigenvalue weighted by Gasteiger charge is -2.26. The second-order valence-corrected chi connectivity index (χ2v) is 7.57. The molecule has 4 nitrogen and oxygen atoms in total. The molecule has 0 N–H and O–H groups in total. The summed E-state index contributed by atoms with van der Waals surface area (Å²) in [7, 11) is 0. The van der Waals surface area contributed by atoms with Crippen molar-refractivity contribution in [1.82, 2.24) is 14.5 Å². The number of fused-ring (bicyclic) bond motifs is 1. The first-order chi connectivity index (χ1) is 13.2. The molecular weight excluding hydrogens is 334 g/mol. The number of rotatable bonds is 6. The fraction of sp³-hybridized carbons (Fsp3) is 0.435. The Kier molecular flexibility index (Phi) is 5.44. The van der Waals surface area contributed by atoms with E-state index in [1.807, 2.05) is 0 Å². The van der Waals surface area contributed by atoms with Crippen LogP contribution in [0.4, 0.5) is 0 Å². The summed E-state index contributed by atoms with van der Waals surface area (Å²) in [5, 5.41) is 0. The number of piperidine rings is 1. The molecule has 0 bridgehead atoms. The minimum Gasteiger partial charge on any atom is -0.491 e. The maximum atomic E-state index is 6.17. The summed E-state index contributed by atoms with van der Waals surface area (Å²) in [5.74, 6) is 2.17. The molecule has 1 aliphatic rings. The summed E-state index contributed by atoms with van der Waals surface area (Å²) >= 11 is 0. The van der Waals surface area contributed by atoms with Gasteiger partial charge in [-0.3, -0.25) is 4.90 Å². The minimum atomic E-state index is 0.652. The number of imidazole rings is 1. The van der Waals surface area contributed by atoms with E-state index >= 15 is 0 Å². The first-order valence-corrected chi connectivity index (χ1v) is 10.1. The van der Waals surface area contributed by atoms with Crippen molar-refractivity contribution in [1.29, 1.82) is 0 Å². The Balaban J connectivity index is 1.53. The molecule has 27 heavy (non-hydrogen) atoms. The predicted octanol–water partition coefficient (Wildman–Crippen LogP) is 4.72. The van der Waals surface area contributed by atoms with Crippen molar-refractivity contribution in [2.45, 2.75) is 46.2 Å². The van der Waals surface area contributed by atoms with Crippen LogP contribution in [0.2, 0.25) is 0 Å². The van der Waals surface area contributed by atoms with Crippen molar-refractivity contribution in [3.05, 3.63) is 59.4 Å². The summed E-state index contributed by atoms with van der Waals surface area (Å²) in [6.07, 6.45) is 3.96. The van der Waals surface area contributed by atoms with E-state index in [2.05, 4.69) is 65.8 Å². The lowest BCUT2D eigenvalue weighted by molar-refractivity contribution is 0.211. The summed E-state index contributed by atoms with van der Waals surface area (Å²) in [5.41, 5.74) is 4.67. The van der Waals surface area contributed by atoms with Crippen LogP contribution in [0.1, 0.15) is 36.2 Å². The normalized spacial score (nSPS) is 15.3. The Hall–Kier alpha value is -2.33. The van der Waals surface area contributed by atoms with Gasteiger partial charge in [-0.15, -0.1) is 0 Å². The molecule has 0 amide bonds. The highest BCUT2D eigenvalue weighted by Crippen LogP contribution is 2.23. The van der Waals surface area contributed by atoms with Gasteiger partial charge in [0, 0.05) is 0 Å². The lowest BCUT2D eigenvalue weighted by Crippen LogP contribution is -2.30. The number of ether oxygens (including phenoxy) is 1. The standard InChI is InChI=1S/C23H29N3O/c1-18-9-8-10-19(2)23(18)27-16-15-26-21-12-5-4-11-20(21)24-22(26)17-25-13-6-3-7-14-25/h4-5,8-12H,3,6-7,13-17H2,1-2H3. The largest absolute Gasteiger partial charge is 0.491 e. The number of nitrogens with zero attached hydrogens (tertiary/aromatic N) is 3. The highest BCUT2D eigenvalue weighted by atomic mass is 16.5. The Morgan fingerprint density at radius 2 is 1.67 bits per heavy atom. The van der Waals surface area contributed by atoms with Crippen molar-refractivity contribution >= 4 is 11.0 Å². The van der Waals surface area contributed by atoms with E-state index in [0.717, 1.165) is 30.2 Å². The van der Waals surface area contributed by atoms with Crippen molar-refractivity contribution in [2.75, 3.05) is 19.7 Å². The molecule has 0 spiro atoms. The van der Waals surface area contributed by atoms with Crippen molar-refractivity contribution in [2.24, 2.45) is 0 Å². The Morgan fingerprint density at radius 3 is 2.44 bits per heavy atom. The summed E-state index contributed by atoms with van der Waals surface area (Å²) in [4.78, 5) is 7.47. The zero-order chi connectivity index (χ0) is 18.6. The first kappa shape index (κ1) is 18.1. The number of hydrogen-bond donors (Lipinski definition) is 0. The molecular formula is C23H29N3O. The van der Waals surface area contributed by atoms with Crippen LogP contribution in [0.15, 0.2) is 42.5 Å². The highest BCUT2D eigenvalue weighted by Gasteiger charge is 2.16. The van der Waals surface area contributed by atoms with Crippen LogP contribution in [-0.2, 0) is 13.1 Å². The summed E-state index contributed by atoms with van der Waals surface area (Å²) < 4.78 is 8.52. The zero-order valence-electron chi connectivity index (χ0n) is 16.4. The van der Waals surface area contributed by atoms with Gasteiger partial charge in [-0.2, -0.15) is 0 Å². The van der Waals surface area contributed by atoms with Crippen LogP contribution in [0.3, 0.4) is 0 Å². The van der Waals surface area contributed by atoms with Gasteiger partial charge in [-0.1, -0.05) is 36.8 Å². The molecule has 0 atom stereocenters. The fourth-order valence-electron chi connectivity index (χ4n) is 4.08. The van der Waals surface area contributed by atoms with Crippen LogP contribution < -0.4 is 4.74 Å². The van der Waals surface area contributed by atoms with Crippen molar-refractivity contribution in [3.8, 4) is 5.75 Å². The van der Waals surface area contributed by atoms with E-state index in [9.17, 15) is 0 Å². The number of aryl methyl sites for hydroxylation is 2. The average molecular weight is 364 g/mol. The van der Waals surface area contributed by atoms with Crippen LogP contribution in [0.5, 0.6) is 5.75 Å². The van der Waals surface area contributed by atoms with Gasteiger partial charge in [0.05, 0.1) is 24.1 Å². The van der Waals surface area contributed by atoms with Crippen molar-refractivity contribution < 1.29 is 4.74 Å². The topological polar surface area (TPSA) is 30.3 Å². The molecule has 0 saturated carbocycles. The van der Waals surface area contributed by atoms with Gasteiger partial charge < -0.3 is 9.30 Å². The van der Waals surface area contributed by atoms with Gasteiger partial charge in [0.2, 0.25) is 0 Å². The highest BCUT2D eigenvalue weighted by molar-refractivity contribution is 5.75. The Labute approximate surface area is 161 Å². The van der Waals surface area contributed by atoms with Crippen LogP contribution in [0.25, 0.3) is 11.0 Å². The van der Waals surface area contributed by atoms with Gasteiger partial charge in [0.1, 0.15) is 18.2 Å². The molecule has 2 aromatic carbocycles. The van der Waals surface area contributed by atoms with E-state index in [1.165, 1.54) is 49.0 Å². The number of benzene rings is 2. The molecule has 4 rings (SSSR count). The van der Waals surface area contributed by atoms with E-state index < -0.39 is 0 Å². The minimum absolute atomic E-state index is 0.652. The molecule has 1 aliphatic heterocycles. The molecule has 142 valence electrons. The van der Waals surface area contributed by atoms with E-state index in [0.29, 0.717) is 6.61 Å². The van der Waals surface area contributed by atoms with Crippen LogP contribution in [0, 0.1) is 13.8 Å². The smallest absolute Gasteiger partial charge is 0.125 e. The molecule has 1 fully saturated rings. The van der Waals surface area contributed by atoms with Gasteiger partial charge in [0.15, 0.2) is 0 Å². The molecule has 2 heterocycles. The number of hydrogen-bond acceptors (Lipinski definition) is 3. The fourth-order valence-corrected chi connectivity index (χ4v) is 4.08. The van der Waals surface area contributed by atoms with E-state index in [1.54, 1.807) is 0 Å². The van der Waals surface area contributed by atoms with E-state index in [4.69, 9.17) is 9.72 Å². The number of likely N-dealkylation sites (tertiary alicyclic amines) is 1. The predicted molar refractivity (Wildman–Crippen MR) is 110 cm³/mol. The molecule has 1 saturated heterocycles. The average Bonchev–Trinajstić information content (AvgIpc) is 3.02. The second-order valence-electron chi connectivity index (χ2n) is 7.57. The Morgan fingerprint density at radius 1 is 0.926 bits per heavy atom. The third-order valence-corrected chi connectivity index (χ3v) is 5.52. The van der Waals surface area contributed by atoms with Gasteiger partial charge in [-0.25, -0.2) is 4.98 Å². The third kappa shape index (κ3) is 4.01. The van der Waals surface area contributed by atoms with Crippen molar-refractivity contribution in [3.63, 3.8) is 0 Å². The maximum Gasteiger partial charge on any atom is 0.125 e. The molecule has 3 aromatic rings. The van der Waals surface area contributed by atoms with Gasteiger partial charge in [0.25, 0.3) is 0 Å². The quantitative estimate of drug-likeness (QED) is 0.635. The molecule has 1 aromatic heterocycles. The Bertz CT molecular complexity index is 889. The zero-order valence-corrected chi connectivity index (χ0v) is 16.4. The summed E-state index contributed by atoms with van der Waals surface area (Å²) in [6.45, 7) is 8.98. The third-order valence-electron chi connectivity index (χ3n) is 5.52. The molecule has 0 radical (unpaired) electrons. The second kappa shape index (κ2) is 8.13. The van der Waals surface area contributed by atoms with E-state index in [-0.39, 0.29) is 0 Å². The van der Waals surface area contributed by atoms with Gasteiger partial charge in [-0.05, 0) is 63.0 Å². The maximum absolute atomic E-state index is 6.17. The monoisotopic (exact) mass is 363 g/mol.